The molecule has 4 heteroatoms. The fourth-order valence-corrected chi connectivity index (χ4v) is 4.50. The summed E-state index contributed by atoms with van der Waals surface area (Å²) in [7, 11) is 0. The van der Waals surface area contributed by atoms with Crippen molar-refractivity contribution in [3.05, 3.63) is 12.2 Å². The molecular weight excluding hydrogens is 262 g/mol. The fraction of sp³-hybridized carbons (Fsp3) is 0.800. The number of alkyl halides is 4. The maximum absolute atomic E-state index is 6.23. The number of halogens is 4. The summed E-state index contributed by atoms with van der Waals surface area (Å²) in [4.78, 5) is 0. The first-order valence-corrected chi connectivity index (χ1v) is 6.27. The quantitative estimate of drug-likeness (QED) is 0.458. The molecule has 0 unspecified atom stereocenters. The van der Waals surface area contributed by atoms with E-state index >= 15 is 0 Å². The molecule has 3 rings (SSSR count). The van der Waals surface area contributed by atoms with Gasteiger partial charge in [-0.05, 0) is 6.42 Å². The average Bonchev–Trinajstić information content (AvgIpc) is 2.74. The van der Waals surface area contributed by atoms with Crippen LogP contribution in [0.15, 0.2) is 12.2 Å². The van der Waals surface area contributed by atoms with Gasteiger partial charge in [-0.25, -0.2) is 0 Å². The van der Waals surface area contributed by atoms with E-state index in [1.165, 1.54) is 0 Å². The summed E-state index contributed by atoms with van der Waals surface area (Å²) in [5.41, 5.74) is -0.0302. The molecule has 0 nitrogen and oxygen atoms in total. The normalized spacial score (nSPS) is 55.6. The second kappa shape index (κ2) is 2.42. The molecular formula is C10H10Cl4. The van der Waals surface area contributed by atoms with E-state index in [2.05, 4.69) is 19.1 Å². The van der Waals surface area contributed by atoms with E-state index in [-0.39, 0.29) is 11.3 Å². The van der Waals surface area contributed by atoms with Gasteiger partial charge in [-0.15, -0.1) is 46.4 Å². The van der Waals surface area contributed by atoms with Gasteiger partial charge in [-0.3, -0.25) is 0 Å². The zero-order chi connectivity index (χ0) is 10.4. The van der Waals surface area contributed by atoms with Crippen molar-refractivity contribution in [2.24, 2.45) is 23.2 Å². The van der Waals surface area contributed by atoms with Crippen LogP contribution in [0.2, 0.25) is 0 Å². The van der Waals surface area contributed by atoms with E-state index in [0.717, 1.165) is 6.42 Å². The van der Waals surface area contributed by atoms with Crippen LogP contribution in [0.1, 0.15) is 13.3 Å². The van der Waals surface area contributed by atoms with Crippen molar-refractivity contribution in [1.29, 1.82) is 0 Å². The van der Waals surface area contributed by atoms with Crippen molar-refractivity contribution in [2.75, 3.05) is 0 Å². The molecule has 0 saturated heterocycles. The van der Waals surface area contributed by atoms with Gasteiger partial charge in [0.05, 0.1) is 0 Å². The van der Waals surface area contributed by atoms with Crippen molar-refractivity contribution < 1.29 is 0 Å². The Morgan fingerprint density at radius 1 is 1.14 bits per heavy atom. The number of allylic oxidation sites excluding steroid dienone is 2. The molecule has 0 N–H and O–H groups in total. The van der Waals surface area contributed by atoms with Crippen LogP contribution in [0, 0.1) is 23.2 Å². The molecule has 78 valence electrons. The van der Waals surface area contributed by atoms with Crippen LogP contribution in [-0.4, -0.2) is 8.67 Å². The molecule has 0 heterocycles. The van der Waals surface area contributed by atoms with E-state index in [0.29, 0.717) is 11.8 Å². The second-order valence-corrected chi connectivity index (χ2v) is 7.74. The van der Waals surface area contributed by atoms with Crippen molar-refractivity contribution in [3.8, 4) is 0 Å². The van der Waals surface area contributed by atoms with Crippen LogP contribution in [-0.2, 0) is 0 Å². The minimum atomic E-state index is -0.610. The molecule has 14 heavy (non-hydrogen) atoms. The van der Waals surface area contributed by atoms with Gasteiger partial charge < -0.3 is 0 Å². The average molecular weight is 272 g/mol. The molecule has 0 aromatic heterocycles. The van der Waals surface area contributed by atoms with E-state index < -0.39 is 8.67 Å². The molecule has 0 radical (unpaired) electrons. The summed E-state index contributed by atoms with van der Waals surface area (Å²) in [6.07, 6.45) is 5.11. The molecule has 0 aromatic carbocycles. The number of hydrogen-bond acceptors (Lipinski definition) is 0. The topological polar surface area (TPSA) is 0 Å². The minimum Gasteiger partial charge on any atom is -0.101 e. The molecule has 2 saturated carbocycles. The first-order chi connectivity index (χ1) is 6.32. The Hall–Kier alpha value is 0.900. The van der Waals surface area contributed by atoms with Crippen molar-refractivity contribution >= 4 is 46.4 Å². The van der Waals surface area contributed by atoms with E-state index in [4.69, 9.17) is 46.4 Å². The molecule has 4 atom stereocenters. The molecule has 0 amide bonds. The van der Waals surface area contributed by atoms with Crippen LogP contribution in [0.25, 0.3) is 0 Å². The van der Waals surface area contributed by atoms with Gasteiger partial charge in [-0.2, -0.15) is 0 Å². The highest BCUT2D eigenvalue weighted by molar-refractivity contribution is 6.53. The van der Waals surface area contributed by atoms with Crippen molar-refractivity contribution in [2.45, 2.75) is 22.0 Å². The maximum atomic E-state index is 6.23. The number of hydrogen-bond donors (Lipinski definition) is 0. The molecule has 0 bridgehead atoms. The van der Waals surface area contributed by atoms with Crippen LogP contribution in [0.5, 0.6) is 0 Å². The highest BCUT2D eigenvalue weighted by Crippen LogP contribution is 2.78. The Morgan fingerprint density at radius 3 is 2.43 bits per heavy atom. The molecule has 0 spiro atoms. The predicted octanol–water partition coefficient (Wildman–Crippen LogP) is 4.18. The van der Waals surface area contributed by atoms with Gasteiger partial charge in [0.15, 0.2) is 0 Å². The first kappa shape index (κ1) is 10.1. The van der Waals surface area contributed by atoms with Gasteiger partial charge in [-0.1, -0.05) is 19.1 Å². The lowest BCUT2D eigenvalue weighted by Crippen LogP contribution is -2.07. The third-order valence-corrected chi connectivity index (χ3v) is 6.57. The lowest BCUT2D eigenvalue weighted by molar-refractivity contribution is 0.447. The zero-order valence-electron chi connectivity index (χ0n) is 7.61. The summed E-state index contributed by atoms with van der Waals surface area (Å²) in [6.45, 7) is 2.12. The molecule has 3 aliphatic carbocycles. The summed E-state index contributed by atoms with van der Waals surface area (Å²) in [6, 6.07) is 0. The summed E-state index contributed by atoms with van der Waals surface area (Å²) >= 11 is 24.8. The lowest BCUT2D eigenvalue weighted by atomic mass is 9.99. The Morgan fingerprint density at radius 2 is 1.79 bits per heavy atom. The molecule has 3 aliphatic rings. The van der Waals surface area contributed by atoms with E-state index in [1.54, 1.807) is 0 Å². The highest BCUT2D eigenvalue weighted by Gasteiger charge is 2.77. The third-order valence-electron chi connectivity index (χ3n) is 4.17. The van der Waals surface area contributed by atoms with E-state index in [1.807, 2.05) is 0 Å². The monoisotopic (exact) mass is 270 g/mol. The third kappa shape index (κ3) is 0.948. The summed E-state index contributed by atoms with van der Waals surface area (Å²) in [5.74, 6) is 0.909. The van der Waals surface area contributed by atoms with Gasteiger partial charge in [0.2, 0.25) is 0 Å². The summed E-state index contributed by atoms with van der Waals surface area (Å²) in [5, 5.41) is 0. The van der Waals surface area contributed by atoms with Gasteiger partial charge in [0, 0.05) is 23.2 Å². The van der Waals surface area contributed by atoms with Gasteiger partial charge >= 0.3 is 0 Å². The van der Waals surface area contributed by atoms with Crippen LogP contribution < -0.4 is 0 Å². The van der Waals surface area contributed by atoms with Crippen molar-refractivity contribution in [1.82, 2.24) is 0 Å². The second-order valence-electron chi connectivity index (χ2n) is 4.91. The Kier molecular flexibility index (Phi) is 1.74. The Bertz CT molecular complexity index is 333. The fourth-order valence-electron chi connectivity index (χ4n) is 2.84. The largest absolute Gasteiger partial charge is 0.131 e. The Balaban J connectivity index is 1.93. The first-order valence-electron chi connectivity index (χ1n) is 4.76. The van der Waals surface area contributed by atoms with Crippen molar-refractivity contribution in [3.63, 3.8) is 0 Å². The van der Waals surface area contributed by atoms with Crippen LogP contribution in [0.3, 0.4) is 0 Å². The highest BCUT2D eigenvalue weighted by atomic mass is 35.5. The number of fused-ring (bicyclic) bond motifs is 2. The Labute approximate surface area is 104 Å². The maximum Gasteiger partial charge on any atom is 0.131 e. The minimum absolute atomic E-state index is 0.0302. The van der Waals surface area contributed by atoms with Gasteiger partial charge in [0.25, 0.3) is 0 Å². The van der Waals surface area contributed by atoms with Crippen LogP contribution >= 0.6 is 46.4 Å². The molecule has 0 aliphatic heterocycles. The molecule has 0 aromatic rings. The predicted molar refractivity (Wildman–Crippen MR) is 61.2 cm³/mol. The molecule has 2 fully saturated rings. The zero-order valence-corrected chi connectivity index (χ0v) is 10.6. The van der Waals surface area contributed by atoms with Gasteiger partial charge in [0.1, 0.15) is 8.67 Å². The van der Waals surface area contributed by atoms with Crippen LogP contribution in [0.4, 0.5) is 0 Å². The SMILES string of the molecule is C[C@]12C[C@H]3[C@H](C=C[C@@H]1C2(Cl)Cl)C3(Cl)Cl. The smallest absolute Gasteiger partial charge is 0.101 e. The lowest BCUT2D eigenvalue weighted by Gasteiger charge is -2.11. The van der Waals surface area contributed by atoms with E-state index in [9.17, 15) is 0 Å². The summed E-state index contributed by atoms with van der Waals surface area (Å²) < 4.78 is -1.18. The number of rotatable bonds is 0. The standard InChI is InChI=1S/C10H10Cl4/c1-8-4-6-5(9(6,11)12)2-3-7(8)10(8,13)14/h2-3,5-7H,4H2,1H3/t5-,6-,7-,8-/m0/s1.